The molecule has 0 fully saturated rings. The zero-order chi connectivity index (χ0) is 14.6. The average Bonchev–Trinajstić information content (AvgIpc) is 2.30. The molecule has 0 bridgehead atoms. The first-order valence-electron chi connectivity index (χ1n) is 6.74. The lowest BCUT2D eigenvalue weighted by molar-refractivity contribution is 0.546. The largest absolute Gasteiger partial charge is 0.383 e. The highest BCUT2D eigenvalue weighted by molar-refractivity contribution is 7.99. The van der Waals surface area contributed by atoms with E-state index in [0.29, 0.717) is 11.9 Å². The van der Waals surface area contributed by atoms with Gasteiger partial charge in [-0.3, -0.25) is 0 Å². The Bertz CT molecular complexity index is 426. The van der Waals surface area contributed by atoms with Crippen LogP contribution in [0.5, 0.6) is 0 Å². The van der Waals surface area contributed by atoms with E-state index in [0.717, 1.165) is 28.7 Å². The number of anilines is 2. The van der Waals surface area contributed by atoms with Crippen LogP contribution in [-0.2, 0) is 5.41 Å². The molecule has 0 aromatic carbocycles. The summed E-state index contributed by atoms with van der Waals surface area (Å²) in [6.45, 7) is 12.6. The van der Waals surface area contributed by atoms with E-state index in [1.54, 1.807) is 0 Å². The molecule has 1 atom stereocenters. The highest BCUT2D eigenvalue weighted by Crippen LogP contribution is 2.25. The van der Waals surface area contributed by atoms with E-state index in [1.165, 1.54) is 0 Å². The van der Waals surface area contributed by atoms with Crippen LogP contribution in [0.15, 0.2) is 0 Å². The first-order chi connectivity index (χ1) is 8.75. The molecule has 1 aromatic rings. The fourth-order valence-electron chi connectivity index (χ4n) is 1.58. The summed E-state index contributed by atoms with van der Waals surface area (Å²) in [6, 6.07) is 0.366. The molecule has 4 nitrogen and oxygen atoms in total. The molecule has 19 heavy (non-hydrogen) atoms. The van der Waals surface area contributed by atoms with Gasteiger partial charge in [0.2, 0.25) is 0 Å². The van der Waals surface area contributed by atoms with Crippen molar-refractivity contribution in [3.05, 3.63) is 11.4 Å². The van der Waals surface area contributed by atoms with Gasteiger partial charge in [-0.05, 0) is 19.6 Å². The minimum atomic E-state index is -0.0976. The molecule has 0 saturated heterocycles. The highest BCUT2D eigenvalue weighted by Gasteiger charge is 2.20. The van der Waals surface area contributed by atoms with Gasteiger partial charge in [0.15, 0.2) is 0 Å². The van der Waals surface area contributed by atoms with Crippen LogP contribution in [0.2, 0.25) is 0 Å². The summed E-state index contributed by atoms with van der Waals surface area (Å²) in [5, 5.41) is 3.45. The minimum absolute atomic E-state index is 0.0976. The van der Waals surface area contributed by atoms with Gasteiger partial charge >= 0.3 is 0 Å². The van der Waals surface area contributed by atoms with Crippen molar-refractivity contribution in [3.63, 3.8) is 0 Å². The van der Waals surface area contributed by atoms with Crippen LogP contribution in [0.3, 0.4) is 0 Å². The van der Waals surface area contributed by atoms with Crippen molar-refractivity contribution in [3.8, 4) is 0 Å². The standard InChI is InChI=1S/C14H26N4S/c1-7-19-8-9(2)16-12-10(3)11(15)17-13(18-12)14(4,5)6/h9H,7-8H2,1-6H3,(H3,15,16,17,18). The lowest BCUT2D eigenvalue weighted by Gasteiger charge is -2.21. The second-order valence-electron chi connectivity index (χ2n) is 5.86. The summed E-state index contributed by atoms with van der Waals surface area (Å²) < 4.78 is 0. The molecule has 1 unspecified atom stereocenters. The molecule has 1 rings (SSSR count). The molecule has 3 N–H and O–H groups in total. The zero-order valence-corrected chi connectivity index (χ0v) is 13.7. The topological polar surface area (TPSA) is 63.8 Å². The number of nitrogens with zero attached hydrogens (tertiary/aromatic N) is 2. The van der Waals surface area contributed by atoms with Gasteiger partial charge in [0.1, 0.15) is 17.5 Å². The molecule has 0 aliphatic rings. The first-order valence-corrected chi connectivity index (χ1v) is 7.90. The normalized spacial score (nSPS) is 13.4. The summed E-state index contributed by atoms with van der Waals surface area (Å²) in [7, 11) is 0. The summed E-state index contributed by atoms with van der Waals surface area (Å²) in [6.07, 6.45) is 0. The summed E-state index contributed by atoms with van der Waals surface area (Å²) in [5.41, 5.74) is 6.83. The quantitative estimate of drug-likeness (QED) is 0.868. The third kappa shape index (κ3) is 4.56. The van der Waals surface area contributed by atoms with E-state index in [1.807, 2.05) is 18.7 Å². The number of hydrogen-bond donors (Lipinski definition) is 2. The van der Waals surface area contributed by atoms with Crippen LogP contribution in [0.4, 0.5) is 11.6 Å². The maximum Gasteiger partial charge on any atom is 0.138 e. The Hall–Kier alpha value is -0.970. The zero-order valence-electron chi connectivity index (χ0n) is 12.9. The van der Waals surface area contributed by atoms with Crippen LogP contribution in [0, 0.1) is 6.92 Å². The Kier molecular flexibility index (Phi) is 5.47. The number of rotatable bonds is 5. The van der Waals surface area contributed by atoms with Crippen LogP contribution in [-0.4, -0.2) is 27.5 Å². The van der Waals surface area contributed by atoms with Gasteiger partial charge in [0.25, 0.3) is 0 Å². The van der Waals surface area contributed by atoms with E-state index in [4.69, 9.17) is 5.73 Å². The highest BCUT2D eigenvalue weighted by atomic mass is 32.2. The number of nitrogens with two attached hydrogens (primary N) is 1. The summed E-state index contributed by atoms with van der Waals surface area (Å²) >= 11 is 1.92. The molecule has 0 aliphatic carbocycles. The number of thioether (sulfide) groups is 1. The summed E-state index contributed by atoms with van der Waals surface area (Å²) in [4.78, 5) is 9.04. The maximum absolute atomic E-state index is 6.00. The predicted molar refractivity (Wildman–Crippen MR) is 86.0 cm³/mol. The molecule has 108 valence electrons. The van der Waals surface area contributed by atoms with E-state index >= 15 is 0 Å². The predicted octanol–water partition coefficient (Wildman–Crippen LogP) is 3.22. The smallest absolute Gasteiger partial charge is 0.138 e. The van der Waals surface area contributed by atoms with E-state index < -0.39 is 0 Å². The minimum Gasteiger partial charge on any atom is -0.383 e. The third-order valence-corrected chi connectivity index (χ3v) is 3.95. The van der Waals surface area contributed by atoms with Crippen molar-refractivity contribution in [2.75, 3.05) is 22.6 Å². The molecule has 0 saturated carbocycles. The molecule has 0 amide bonds. The Morgan fingerprint density at radius 2 is 1.95 bits per heavy atom. The van der Waals surface area contributed by atoms with E-state index in [-0.39, 0.29) is 5.41 Å². The molecule has 1 heterocycles. The van der Waals surface area contributed by atoms with Crippen molar-refractivity contribution < 1.29 is 0 Å². The Morgan fingerprint density at radius 3 is 2.47 bits per heavy atom. The van der Waals surface area contributed by atoms with Crippen molar-refractivity contribution in [1.29, 1.82) is 0 Å². The Morgan fingerprint density at radius 1 is 1.32 bits per heavy atom. The Labute approximate surface area is 121 Å². The second-order valence-corrected chi connectivity index (χ2v) is 7.18. The van der Waals surface area contributed by atoms with Crippen molar-refractivity contribution in [2.45, 2.75) is 53.0 Å². The van der Waals surface area contributed by atoms with E-state index in [2.05, 4.69) is 49.9 Å². The van der Waals surface area contributed by atoms with Crippen LogP contribution >= 0.6 is 11.8 Å². The van der Waals surface area contributed by atoms with Gasteiger partial charge in [-0.1, -0.05) is 27.7 Å². The monoisotopic (exact) mass is 282 g/mol. The number of nitrogen functional groups attached to an aromatic ring is 1. The van der Waals surface area contributed by atoms with Crippen LogP contribution in [0.1, 0.15) is 46.0 Å². The molecule has 0 spiro atoms. The number of nitrogens with one attached hydrogen (secondary N) is 1. The first kappa shape index (κ1) is 16.1. The van der Waals surface area contributed by atoms with Crippen molar-refractivity contribution >= 4 is 23.4 Å². The van der Waals surface area contributed by atoms with Crippen LogP contribution in [0.25, 0.3) is 0 Å². The lowest BCUT2D eigenvalue weighted by atomic mass is 9.95. The van der Waals surface area contributed by atoms with Gasteiger partial charge in [0.05, 0.1) is 0 Å². The maximum atomic E-state index is 6.00. The molecule has 0 aliphatic heterocycles. The molecular formula is C14H26N4S. The van der Waals surface area contributed by atoms with Crippen LogP contribution < -0.4 is 11.1 Å². The van der Waals surface area contributed by atoms with Gasteiger partial charge in [-0.15, -0.1) is 0 Å². The average molecular weight is 282 g/mol. The van der Waals surface area contributed by atoms with Crippen molar-refractivity contribution in [1.82, 2.24) is 9.97 Å². The molecule has 0 radical (unpaired) electrons. The van der Waals surface area contributed by atoms with Gasteiger partial charge in [-0.25, -0.2) is 9.97 Å². The van der Waals surface area contributed by atoms with Gasteiger partial charge < -0.3 is 11.1 Å². The van der Waals surface area contributed by atoms with Crippen molar-refractivity contribution in [2.24, 2.45) is 0 Å². The molecule has 1 aromatic heterocycles. The van der Waals surface area contributed by atoms with Gasteiger partial charge in [0, 0.05) is 22.8 Å². The summed E-state index contributed by atoms with van der Waals surface area (Å²) in [5.74, 6) is 4.40. The second kappa shape index (κ2) is 6.46. The Balaban J connectivity index is 2.96. The number of hydrogen-bond acceptors (Lipinski definition) is 5. The molecule has 5 heteroatoms. The fraction of sp³-hybridized carbons (Fsp3) is 0.714. The SMILES string of the molecule is CCSCC(C)Nc1nc(C(C)(C)C)nc(N)c1C. The van der Waals surface area contributed by atoms with E-state index in [9.17, 15) is 0 Å². The van der Waals surface area contributed by atoms with Gasteiger partial charge in [-0.2, -0.15) is 11.8 Å². The number of aromatic nitrogens is 2. The third-order valence-electron chi connectivity index (χ3n) is 2.81. The fourth-order valence-corrected chi connectivity index (χ4v) is 2.25. The molecular weight excluding hydrogens is 256 g/mol. The lowest BCUT2D eigenvalue weighted by Crippen LogP contribution is -2.23.